The van der Waals surface area contributed by atoms with Crippen molar-refractivity contribution in [2.45, 2.75) is 30.7 Å². The number of nitrogens with two attached hydrogens (primary N) is 1. The number of nitrogens with one attached hydrogen (secondary N) is 1. The quantitative estimate of drug-likeness (QED) is 0.500. The molecule has 3 rings (SSSR count). The molecule has 2 atom stereocenters. The van der Waals surface area contributed by atoms with Crippen LogP contribution in [0.25, 0.3) is 5.69 Å². The number of nitrogens with zero attached hydrogens (tertiary/aromatic N) is 4. The normalized spacial score (nSPS) is 16.3. The lowest BCUT2D eigenvalue weighted by atomic mass is 10.1. The van der Waals surface area contributed by atoms with Crippen LogP contribution in [0.1, 0.15) is 29.8 Å². The van der Waals surface area contributed by atoms with Gasteiger partial charge in [0.05, 0.1) is 31.0 Å². The molecule has 0 bridgehead atoms. The highest BCUT2D eigenvalue weighted by atomic mass is 31.0. The van der Waals surface area contributed by atoms with Crippen molar-refractivity contribution >= 4 is 21.1 Å². The van der Waals surface area contributed by atoms with Crippen LogP contribution in [-0.2, 0) is 4.79 Å². The number of hydrogen-bond donors (Lipinski definition) is 2. The molecule has 0 radical (unpaired) electrons. The minimum atomic E-state index is -1.37. The number of unbranched alkanes of at least 4 members (excludes halogenated alkanes) is 1. The molecule has 150 valence electrons. The second-order valence-corrected chi connectivity index (χ2v) is 7.98. The Kier molecular flexibility index (Phi) is 6.36. The molecule has 1 saturated heterocycles. The number of rotatable bonds is 8. The number of alkyl halides is 1. The van der Waals surface area contributed by atoms with Gasteiger partial charge in [-0.05, 0) is 31.4 Å². The molecule has 1 fully saturated rings. The predicted molar refractivity (Wildman–Crippen MR) is 106 cm³/mol. The molecule has 2 amide bonds. The second-order valence-electron chi connectivity index (χ2n) is 6.94. The zero-order chi connectivity index (χ0) is 20.1. The number of para-hydroxylation sites is 1. The van der Waals surface area contributed by atoms with Crippen LogP contribution < -0.4 is 11.1 Å². The van der Waals surface area contributed by atoms with E-state index in [2.05, 4.69) is 24.8 Å². The lowest BCUT2D eigenvalue weighted by Gasteiger charge is -2.43. The van der Waals surface area contributed by atoms with Crippen LogP contribution in [0.15, 0.2) is 36.5 Å². The topological polar surface area (TPSA) is 106 Å². The van der Waals surface area contributed by atoms with E-state index < -0.39 is 11.5 Å². The van der Waals surface area contributed by atoms with Gasteiger partial charge >= 0.3 is 0 Å². The van der Waals surface area contributed by atoms with Gasteiger partial charge in [0.2, 0.25) is 5.91 Å². The van der Waals surface area contributed by atoms with Gasteiger partial charge in [0, 0.05) is 6.54 Å². The van der Waals surface area contributed by atoms with Crippen molar-refractivity contribution in [2.75, 3.05) is 19.6 Å². The van der Waals surface area contributed by atoms with E-state index in [9.17, 15) is 14.0 Å². The van der Waals surface area contributed by atoms with Crippen LogP contribution in [0.5, 0.6) is 0 Å². The molecule has 0 spiro atoms. The summed E-state index contributed by atoms with van der Waals surface area (Å²) in [7, 11) is 2.10. The van der Waals surface area contributed by atoms with Gasteiger partial charge in [-0.2, -0.15) is 9.90 Å². The first-order chi connectivity index (χ1) is 13.4. The number of likely N-dealkylation sites (tertiary alicyclic amines) is 1. The number of carbonyl (C=O) groups is 2. The SMILES string of the molecule is NC(CCCCNC(=O)c1cnn(-c2ccccc2)n1)C(=O)N1CC(F)(P)C1. The Morgan fingerprint density at radius 1 is 1.29 bits per heavy atom. The molecule has 28 heavy (non-hydrogen) atoms. The average molecular weight is 406 g/mol. The maximum atomic E-state index is 13.4. The summed E-state index contributed by atoms with van der Waals surface area (Å²) >= 11 is 0. The summed E-state index contributed by atoms with van der Waals surface area (Å²) in [5.41, 5.74) is 6.89. The Bertz CT molecular complexity index is 820. The molecule has 2 heterocycles. The minimum Gasteiger partial charge on any atom is -0.351 e. The highest BCUT2D eigenvalue weighted by Gasteiger charge is 2.42. The van der Waals surface area contributed by atoms with Gasteiger partial charge in [-0.15, -0.1) is 5.10 Å². The number of hydrogen-bond acceptors (Lipinski definition) is 5. The Morgan fingerprint density at radius 3 is 2.68 bits per heavy atom. The van der Waals surface area contributed by atoms with Crippen molar-refractivity contribution in [1.82, 2.24) is 25.2 Å². The first-order valence-electron chi connectivity index (χ1n) is 9.14. The summed E-state index contributed by atoms with van der Waals surface area (Å²) in [6.07, 6.45) is 3.27. The van der Waals surface area contributed by atoms with E-state index in [4.69, 9.17) is 5.73 Å². The lowest BCUT2D eigenvalue weighted by Crippen LogP contribution is -2.60. The van der Waals surface area contributed by atoms with Crippen molar-refractivity contribution in [1.29, 1.82) is 0 Å². The standard InChI is InChI=1S/C18H24FN6O2P/c19-18(28)11-24(12-18)17(27)14(20)8-4-5-9-21-16(26)15-10-22-25(23-15)13-6-2-1-3-7-13/h1-3,6-7,10,14H,4-5,8-9,11-12,20,28H2,(H,21,26). The summed E-state index contributed by atoms with van der Waals surface area (Å²) in [4.78, 5) is 27.0. The van der Waals surface area contributed by atoms with Gasteiger partial charge in [-0.25, -0.2) is 4.39 Å². The van der Waals surface area contributed by atoms with Crippen molar-refractivity contribution in [3.05, 3.63) is 42.2 Å². The fourth-order valence-corrected chi connectivity index (χ4v) is 3.38. The van der Waals surface area contributed by atoms with E-state index in [-0.39, 0.29) is 30.6 Å². The van der Waals surface area contributed by atoms with Crippen LogP contribution in [-0.4, -0.2) is 62.8 Å². The molecular weight excluding hydrogens is 382 g/mol. The maximum absolute atomic E-state index is 13.4. The third-order valence-corrected chi connectivity index (χ3v) is 4.84. The monoisotopic (exact) mass is 406 g/mol. The van der Waals surface area contributed by atoms with Gasteiger partial charge < -0.3 is 16.0 Å². The number of carbonyl (C=O) groups excluding carboxylic acids is 2. The first-order valence-corrected chi connectivity index (χ1v) is 9.72. The minimum absolute atomic E-state index is 0.0733. The third kappa shape index (κ3) is 5.11. The van der Waals surface area contributed by atoms with Gasteiger partial charge in [0.25, 0.3) is 5.91 Å². The van der Waals surface area contributed by atoms with Crippen LogP contribution in [0, 0.1) is 0 Å². The Balaban J connectivity index is 1.35. The van der Waals surface area contributed by atoms with E-state index in [1.54, 1.807) is 0 Å². The lowest BCUT2D eigenvalue weighted by molar-refractivity contribution is -0.141. The van der Waals surface area contributed by atoms with Crippen molar-refractivity contribution in [3.63, 3.8) is 0 Å². The zero-order valence-corrected chi connectivity index (χ0v) is 16.6. The highest BCUT2D eigenvalue weighted by Crippen LogP contribution is 2.32. The third-order valence-electron chi connectivity index (χ3n) is 4.48. The van der Waals surface area contributed by atoms with Gasteiger partial charge in [0.15, 0.2) is 11.1 Å². The van der Waals surface area contributed by atoms with Crippen LogP contribution >= 0.6 is 9.24 Å². The highest BCUT2D eigenvalue weighted by molar-refractivity contribution is 7.18. The number of aromatic nitrogens is 3. The van der Waals surface area contributed by atoms with Crippen LogP contribution in [0.3, 0.4) is 0 Å². The molecule has 10 heteroatoms. The second kappa shape index (κ2) is 8.75. The molecule has 1 aliphatic heterocycles. The first kappa shape index (κ1) is 20.4. The molecular formula is C18H24FN6O2P. The van der Waals surface area contributed by atoms with E-state index in [0.29, 0.717) is 25.8 Å². The van der Waals surface area contributed by atoms with Crippen molar-refractivity contribution < 1.29 is 14.0 Å². The van der Waals surface area contributed by atoms with Crippen LogP contribution in [0.2, 0.25) is 0 Å². The summed E-state index contributed by atoms with van der Waals surface area (Å²) < 4.78 is 13.4. The molecule has 2 aromatic rings. The molecule has 1 aromatic carbocycles. The molecule has 0 aliphatic carbocycles. The van der Waals surface area contributed by atoms with Crippen molar-refractivity contribution in [2.24, 2.45) is 5.73 Å². The fraction of sp³-hybridized carbons (Fsp3) is 0.444. The number of halogens is 1. The van der Waals surface area contributed by atoms with E-state index in [1.807, 2.05) is 30.3 Å². The Labute approximate surface area is 164 Å². The fourth-order valence-electron chi connectivity index (χ4n) is 2.94. The average Bonchev–Trinajstić information content (AvgIpc) is 3.16. The molecule has 0 saturated carbocycles. The summed E-state index contributed by atoms with van der Waals surface area (Å²) in [6, 6.07) is 8.68. The van der Waals surface area contributed by atoms with Crippen molar-refractivity contribution in [3.8, 4) is 5.69 Å². The van der Waals surface area contributed by atoms with Gasteiger partial charge in [0.1, 0.15) is 0 Å². The zero-order valence-electron chi connectivity index (χ0n) is 15.4. The molecule has 1 aliphatic rings. The maximum Gasteiger partial charge on any atom is 0.273 e. The van der Waals surface area contributed by atoms with E-state index in [1.165, 1.54) is 15.9 Å². The summed E-state index contributed by atoms with van der Waals surface area (Å²) in [5.74, 6) is -0.528. The van der Waals surface area contributed by atoms with Crippen LogP contribution in [0.4, 0.5) is 4.39 Å². The van der Waals surface area contributed by atoms with Gasteiger partial charge in [-0.3, -0.25) is 9.59 Å². The summed E-state index contributed by atoms with van der Waals surface area (Å²) in [5, 5.41) is 9.67. The Hall–Kier alpha value is -2.38. The summed E-state index contributed by atoms with van der Waals surface area (Å²) in [6.45, 7) is 0.592. The smallest absolute Gasteiger partial charge is 0.273 e. The van der Waals surface area contributed by atoms with E-state index in [0.717, 1.165) is 5.69 Å². The predicted octanol–water partition coefficient (Wildman–Crippen LogP) is 0.878. The number of benzene rings is 1. The molecule has 2 unspecified atom stereocenters. The van der Waals surface area contributed by atoms with Gasteiger partial charge in [-0.1, -0.05) is 27.4 Å². The largest absolute Gasteiger partial charge is 0.351 e. The molecule has 3 N–H and O–H groups in total. The molecule has 8 nitrogen and oxygen atoms in total. The van der Waals surface area contributed by atoms with E-state index >= 15 is 0 Å². The molecule has 1 aromatic heterocycles. The number of amides is 2. The Morgan fingerprint density at radius 2 is 2.00 bits per heavy atom.